The van der Waals surface area contributed by atoms with Crippen molar-refractivity contribution in [2.24, 2.45) is 0 Å². The summed E-state index contributed by atoms with van der Waals surface area (Å²) >= 11 is 7.25. The lowest BCUT2D eigenvalue weighted by Gasteiger charge is -2.08. The van der Waals surface area contributed by atoms with E-state index in [-0.39, 0.29) is 0 Å². The van der Waals surface area contributed by atoms with Crippen LogP contribution in [0.1, 0.15) is 6.92 Å². The molecule has 0 aliphatic heterocycles. The Morgan fingerprint density at radius 3 is 2.89 bits per heavy atom. The summed E-state index contributed by atoms with van der Waals surface area (Å²) in [6.45, 7) is 6.54. The molecule has 5 heteroatoms. The smallest absolute Gasteiger partial charge is 0.190 e. The molecule has 0 saturated heterocycles. The molecule has 1 N–H and O–H groups in total. The van der Waals surface area contributed by atoms with E-state index in [1.165, 1.54) is 11.8 Å². The molecule has 0 spiro atoms. The molecule has 3 nitrogen and oxygen atoms in total. The van der Waals surface area contributed by atoms with E-state index in [4.69, 9.17) is 11.6 Å². The van der Waals surface area contributed by atoms with E-state index in [2.05, 4.69) is 21.9 Å². The minimum atomic E-state index is 0.599. The molecule has 0 aliphatic carbocycles. The summed E-state index contributed by atoms with van der Waals surface area (Å²) in [4.78, 5) is 9.01. The van der Waals surface area contributed by atoms with Crippen molar-refractivity contribution in [3.63, 3.8) is 0 Å². The molecule has 0 bridgehead atoms. The highest BCUT2D eigenvalue weighted by molar-refractivity contribution is 7.99. The first-order chi connectivity index (χ1) is 8.70. The van der Waals surface area contributed by atoms with E-state index in [0.29, 0.717) is 15.9 Å². The number of para-hydroxylation sites is 1. The molecule has 18 heavy (non-hydrogen) atoms. The maximum Gasteiger partial charge on any atom is 0.190 e. The standard InChI is InChI=1S/C13H14ClN3S/c1-3-15-12-10-6-4-5-7-11(10)16-13(17-12)18-8-9(2)14/h4-7H,2-3,8H2,1H3,(H,15,16,17). The van der Waals surface area contributed by atoms with Crippen molar-refractivity contribution in [3.05, 3.63) is 35.9 Å². The van der Waals surface area contributed by atoms with E-state index in [9.17, 15) is 0 Å². The van der Waals surface area contributed by atoms with Gasteiger partial charge in [-0.25, -0.2) is 9.97 Å². The van der Waals surface area contributed by atoms with Gasteiger partial charge in [0.05, 0.1) is 5.52 Å². The average Bonchev–Trinajstić information content (AvgIpc) is 2.37. The molecule has 2 aromatic rings. The number of hydrogen-bond acceptors (Lipinski definition) is 4. The van der Waals surface area contributed by atoms with Gasteiger partial charge in [-0.1, -0.05) is 42.1 Å². The summed E-state index contributed by atoms with van der Waals surface area (Å²) in [5.74, 6) is 1.48. The second kappa shape index (κ2) is 6.07. The SMILES string of the molecule is C=C(Cl)CSc1nc(NCC)c2ccccc2n1. The quantitative estimate of drug-likeness (QED) is 0.665. The molecule has 0 amide bonds. The van der Waals surface area contributed by atoms with E-state index < -0.39 is 0 Å². The van der Waals surface area contributed by atoms with E-state index in [1.807, 2.05) is 31.2 Å². The fourth-order valence-electron chi connectivity index (χ4n) is 1.56. The van der Waals surface area contributed by atoms with Gasteiger partial charge in [-0.05, 0) is 19.1 Å². The lowest BCUT2D eigenvalue weighted by molar-refractivity contribution is 0.994. The topological polar surface area (TPSA) is 37.8 Å². The number of thioether (sulfide) groups is 1. The lowest BCUT2D eigenvalue weighted by Crippen LogP contribution is -2.02. The maximum atomic E-state index is 5.76. The molecule has 1 aromatic heterocycles. The first-order valence-corrected chi connectivity index (χ1v) is 7.03. The minimum Gasteiger partial charge on any atom is -0.370 e. The number of aromatic nitrogens is 2. The highest BCUT2D eigenvalue weighted by Gasteiger charge is 2.07. The summed E-state index contributed by atoms with van der Waals surface area (Å²) < 4.78 is 0. The van der Waals surface area contributed by atoms with Crippen LogP contribution in [0.15, 0.2) is 41.0 Å². The van der Waals surface area contributed by atoms with Crippen molar-refractivity contribution in [2.75, 3.05) is 17.6 Å². The highest BCUT2D eigenvalue weighted by atomic mass is 35.5. The van der Waals surface area contributed by atoms with Crippen molar-refractivity contribution in [3.8, 4) is 0 Å². The first kappa shape index (κ1) is 13.2. The molecule has 0 unspecified atom stereocenters. The number of anilines is 1. The Labute approximate surface area is 116 Å². The predicted octanol–water partition coefficient (Wildman–Crippen LogP) is 3.91. The molecule has 0 aliphatic rings. The second-order valence-corrected chi connectivity index (χ2v) is 5.19. The van der Waals surface area contributed by atoms with Gasteiger partial charge in [0.25, 0.3) is 0 Å². The van der Waals surface area contributed by atoms with Crippen LogP contribution in [0, 0.1) is 0 Å². The third-order valence-corrected chi connectivity index (χ3v) is 3.51. The van der Waals surface area contributed by atoms with Crippen LogP contribution < -0.4 is 5.32 Å². The summed E-state index contributed by atoms with van der Waals surface area (Å²) in [7, 11) is 0. The summed E-state index contributed by atoms with van der Waals surface area (Å²) in [6, 6.07) is 7.96. The molecular weight excluding hydrogens is 266 g/mol. The van der Waals surface area contributed by atoms with Gasteiger partial charge in [-0.3, -0.25) is 0 Å². The predicted molar refractivity (Wildman–Crippen MR) is 79.4 cm³/mol. The van der Waals surface area contributed by atoms with Crippen molar-refractivity contribution < 1.29 is 0 Å². The molecule has 0 saturated carbocycles. The number of hydrogen-bond donors (Lipinski definition) is 1. The number of nitrogens with one attached hydrogen (secondary N) is 1. The average molecular weight is 280 g/mol. The monoisotopic (exact) mass is 279 g/mol. The normalized spacial score (nSPS) is 10.6. The third kappa shape index (κ3) is 3.15. The number of rotatable bonds is 5. The number of benzene rings is 1. The van der Waals surface area contributed by atoms with Gasteiger partial charge in [-0.15, -0.1) is 0 Å². The molecule has 2 rings (SSSR count). The van der Waals surface area contributed by atoms with Crippen LogP contribution in [0.2, 0.25) is 0 Å². The zero-order chi connectivity index (χ0) is 13.0. The van der Waals surface area contributed by atoms with Crippen molar-refractivity contribution >= 4 is 40.1 Å². The summed E-state index contributed by atoms with van der Waals surface area (Å²) in [5, 5.41) is 5.61. The van der Waals surface area contributed by atoms with E-state index in [0.717, 1.165) is 23.3 Å². The number of halogens is 1. The molecule has 1 aromatic carbocycles. The van der Waals surface area contributed by atoms with Crippen LogP contribution in [0.3, 0.4) is 0 Å². The van der Waals surface area contributed by atoms with Crippen LogP contribution in [0.4, 0.5) is 5.82 Å². The van der Waals surface area contributed by atoms with Crippen molar-refractivity contribution in [2.45, 2.75) is 12.1 Å². The second-order valence-electron chi connectivity index (χ2n) is 3.71. The number of nitrogens with zero attached hydrogens (tertiary/aromatic N) is 2. The highest BCUT2D eigenvalue weighted by Crippen LogP contribution is 2.25. The third-order valence-electron chi connectivity index (χ3n) is 2.28. The molecule has 0 atom stereocenters. The fourth-order valence-corrected chi connectivity index (χ4v) is 2.33. The van der Waals surface area contributed by atoms with Gasteiger partial charge in [0.15, 0.2) is 5.16 Å². The molecule has 0 fully saturated rings. The molecular formula is C13H14ClN3S. The first-order valence-electron chi connectivity index (χ1n) is 5.67. The van der Waals surface area contributed by atoms with Crippen LogP contribution in [-0.2, 0) is 0 Å². The lowest BCUT2D eigenvalue weighted by atomic mass is 10.2. The fraction of sp³-hybridized carbons (Fsp3) is 0.231. The van der Waals surface area contributed by atoms with Crippen LogP contribution in [0.5, 0.6) is 0 Å². The Hall–Kier alpha value is -1.26. The largest absolute Gasteiger partial charge is 0.370 e. The van der Waals surface area contributed by atoms with Crippen molar-refractivity contribution in [1.29, 1.82) is 0 Å². The Morgan fingerprint density at radius 2 is 2.17 bits per heavy atom. The van der Waals surface area contributed by atoms with Gasteiger partial charge < -0.3 is 5.32 Å². The Morgan fingerprint density at radius 1 is 1.39 bits per heavy atom. The Bertz CT molecular complexity index is 571. The van der Waals surface area contributed by atoms with Gasteiger partial charge in [-0.2, -0.15) is 0 Å². The van der Waals surface area contributed by atoms with Crippen LogP contribution in [0.25, 0.3) is 10.9 Å². The van der Waals surface area contributed by atoms with Gasteiger partial charge in [0.2, 0.25) is 0 Å². The van der Waals surface area contributed by atoms with Gasteiger partial charge in [0, 0.05) is 22.7 Å². The molecule has 94 valence electrons. The van der Waals surface area contributed by atoms with Gasteiger partial charge >= 0.3 is 0 Å². The molecule has 1 heterocycles. The van der Waals surface area contributed by atoms with E-state index >= 15 is 0 Å². The zero-order valence-electron chi connectivity index (χ0n) is 10.1. The van der Waals surface area contributed by atoms with E-state index in [1.54, 1.807) is 0 Å². The summed E-state index contributed by atoms with van der Waals surface area (Å²) in [5.41, 5.74) is 0.936. The van der Waals surface area contributed by atoms with Crippen molar-refractivity contribution in [1.82, 2.24) is 9.97 Å². The molecule has 0 radical (unpaired) electrons. The number of fused-ring (bicyclic) bond motifs is 1. The Balaban J connectivity index is 2.40. The van der Waals surface area contributed by atoms with Gasteiger partial charge in [0.1, 0.15) is 5.82 Å². The minimum absolute atomic E-state index is 0.599. The van der Waals surface area contributed by atoms with Crippen LogP contribution in [-0.4, -0.2) is 22.3 Å². The van der Waals surface area contributed by atoms with Crippen LogP contribution >= 0.6 is 23.4 Å². The maximum absolute atomic E-state index is 5.76. The Kier molecular flexibility index (Phi) is 4.44. The zero-order valence-corrected chi connectivity index (χ0v) is 11.7. The summed E-state index contributed by atoms with van der Waals surface area (Å²) in [6.07, 6.45) is 0.